The summed E-state index contributed by atoms with van der Waals surface area (Å²) in [5.41, 5.74) is 0. The third-order valence-corrected chi connectivity index (χ3v) is 1.49. The Morgan fingerprint density at radius 2 is 2.18 bits per heavy atom. The van der Waals surface area contributed by atoms with Crippen LogP contribution < -0.4 is 5.32 Å². The van der Waals surface area contributed by atoms with Crippen LogP contribution in [-0.2, 0) is 4.79 Å². The van der Waals surface area contributed by atoms with Crippen LogP contribution in [-0.4, -0.2) is 18.3 Å². The van der Waals surface area contributed by atoms with Gasteiger partial charge in [-0.25, -0.2) is 0 Å². The van der Waals surface area contributed by atoms with Gasteiger partial charge in [-0.3, -0.25) is 4.79 Å². The minimum absolute atomic E-state index is 0.130. The van der Waals surface area contributed by atoms with E-state index < -0.39 is 0 Å². The van der Waals surface area contributed by atoms with Crippen molar-refractivity contribution < 1.29 is 4.79 Å². The summed E-state index contributed by atoms with van der Waals surface area (Å²) in [6.45, 7) is 4.76. The van der Waals surface area contributed by atoms with E-state index in [1.165, 1.54) is 0 Å². The lowest BCUT2D eigenvalue weighted by Gasteiger charge is -2.05. The molecule has 66 valence electrons. The molecule has 0 aliphatic rings. The molecular weight excluding hydrogens is 162 g/mol. The zero-order valence-corrected chi connectivity index (χ0v) is 7.95. The van der Waals surface area contributed by atoms with Crippen LogP contribution in [0.5, 0.6) is 0 Å². The summed E-state index contributed by atoms with van der Waals surface area (Å²) < 4.78 is 0. The van der Waals surface area contributed by atoms with E-state index in [0.29, 0.717) is 24.8 Å². The van der Waals surface area contributed by atoms with Gasteiger partial charge in [-0.2, -0.15) is 0 Å². The molecule has 0 saturated heterocycles. The minimum atomic E-state index is 0.130. The van der Waals surface area contributed by atoms with E-state index in [1.807, 2.05) is 13.8 Å². The number of amides is 1. The second kappa shape index (κ2) is 6.47. The molecule has 0 saturated carbocycles. The zero-order chi connectivity index (χ0) is 8.69. The molecule has 0 aliphatic carbocycles. The van der Waals surface area contributed by atoms with E-state index in [-0.39, 0.29) is 5.91 Å². The molecule has 1 N–H and O–H groups in total. The van der Waals surface area contributed by atoms with Crippen LogP contribution in [0.15, 0.2) is 0 Å². The van der Waals surface area contributed by atoms with Crippen LogP contribution in [0.1, 0.15) is 26.7 Å². The van der Waals surface area contributed by atoms with Gasteiger partial charge in [0.25, 0.3) is 0 Å². The summed E-state index contributed by atoms with van der Waals surface area (Å²) >= 11 is 5.44. The average molecular weight is 178 g/mol. The maximum atomic E-state index is 11.0. The Morgan fingerprint density at radius 3 is 2.64 bits per heavy atom. The van der Waals surface area contributed by atoms with Crippen molar-refractivity contribution in [1.29, 1.82) is 0 Å². The predicted octanol–water partition coefficient (Wildman–Crippen LogP) is 1.78. The molecule has 0 radical (unpaired) electrons. The lowest BCUT2D eigenvalue weighted by atomic mass is 10.1. The van der Waals surface area contributed by atoms with Crippen LogP contribution in [0.25, 0.3) is 0 Å². The van der Waals surface area contributed by atoms with Gasteiger partial charge >= 0.3 is 0 Å². The monoisotopic (exact) mass is 177 g/mol. The summed E-state index contributed by atoms with van der Waals surface area (Å²) in [4.78, 5) is 11.0. The van der Waals surface area contributed by atoms with Gasteiger partial charge in [0.2, 0.25) is 5.91 Å². The Bertz CT molecular complexity index is 115. The van der Waals surface area contributed by atoms with Crippen LogP contribution in [0.4, 0.5) is 0 Å². The number of carbonyl (C=O) groups is 1. The van der Waals surface area contributed by atoms with Crippen molar-refractivity contribution in [3.63, 3.8) is 0 Å². The fourth-order valence-electron chi connectivity index (χ4n) is 0.738. The Balaban J connectivity index is 3.23. The number of halogens is 1. The van der Waals surface area contributed by atoms with Gasteiger partial charge in [0.05, 0.1) is 0 Å². The molecule has 0 rings (SSSR count). The van der Waals surface area contributed by atoms with Gasteiger partial charge in [0.1, 0.15) is 0 Å². The first-order valence-electron chi connectivity index (χ1n) is 3.99. The van der Waals surface area contributed by atoms with Crippen LogP contribution in [0, 0.1) is 5.92 Å². The Morgan fingerprint density at radius 1 is 1.55 bits per heavy atom. The molecular formula is C8H16ClNO. The smallest absolute Gasteiger partial charge is 0.220 e. The third kappa shape index (κ3) is 7.66. The van der Waals surface area contributed by atoms with E-state index in [2.05, 4.69) is 5.32 Å². The normalized spacial score (nSPS) is 10.2. The SMILES string of the molecule is CC(C)CC(=O)NCCCCl. The summed E-state index contributed by atoms with van der Waals surface area (Å²) in [7, 11) is 0. The lowest BCUT2D eigenvalue weighted by molar-refractivity contribution is -0.121. The average Bonchev–Trinajstić information content (AvgIpc) is 1.86. The molecule has 2 nitrogen and oxygen atoms in total. The van der Waals surface area contributed by atoms with Gasteiger partial charge in [0, 0.05) is 18.8 Å². The van der Waals surface area contributed by atoms with Crippen molar-refractivity contribution in [3.05, 3.63) is 0 Å². The second-order valence-corrected chi connectivity index (χ2v) is 3.37. The number of carbonyl (C=O) groups excluding carboxylic acids is 1. The van der Waals surface area contributed by atoms with Crippen molar-refractivity contribution in [2.75, 3.05) is 12.4 Å². The van der Waals surface area contributed by atoms with Gasteiger partial charge in [0.15, 0.2) is 0 Å². The zero-order valence-electron chi connectivity index (χ0n) is 7.19. The molecule has 0 unspecified atom stereocenters. The summed E-state index contributed by atoms with van der Waals surface area (Å²) in [6, 6.07) is 0. The molecule has 0 fully saturated rings. The van der Waals surface area contributed by atoms with Gasteiger partial charge in [-0.1, -0.05) is 13.8 Å². The quantitative estimate of drug-likeness (QED) is 0.504. The van der Waals surface area contributed by atoms with Gasteiger partial charge in [-0.05, 0) is 12.3 Å². The Labute approximate surface area is 73.3 Å². The summed E-state index contributed by atoms with van der Waals surface area (Å²) in [5, 5.41) is 2.79. The van der Waals surface area contributed by atoms with Crippen LogP contribution in [0.3, 0.4) is 0 Å². The van der Waals surface area contributed by atoms with E-state index in [9.17, 15) is 4.79 Å². The molecule has 0 bridgehead atoms. The first-order chi connectivity index (χ1) is 5.16. The highest BCUT2D eigenvalue weighted by Crippen LogP contribution is 1.97. The van der Waals surface area contributed by atoms with Crippen molar-refractivity contribution in [1.82, 2.24) is 5.32 Å². The summed E-state index contributed by atoms with van der Waals surface area (Å²) in [5.74, 6) is 1.18. The molecule has 0 spiro atoms. The lowest BCUT2D eigenvalue weighted by Crippen LogP contribution is -2.25. The van der Waals surface area contributed by atoms with E-state index >= 15 is 0 Å². The molecule has 3 heteroatoms. The van der Waals surface area contributed by atoms with Crippen molar-refractivity contribution >= 4 is 17.5 Å². The maximum Gasteiger partial charge on any atom is 0.220 e. The minimum Gasteiger partial charge on any atom is -0.356 e. The molecule has 1 amide bonds. The number of hydrogen-bond acceptors (Lipinski definition) is 1. The van der Waals surface area contributed by atoms with Gasteiger partial charge in [-0.15, -0.1) is 11.6 Å². The molecule has 11 heavy (non-hydrogen) atoms. The van der Waals surface area contributed by atoms with Crippen molar-refractivity contribution in [2.24, 2.45) is 5.92 Å². The largest absolute Gasteiger partial charge is 0.356 e. The highest BCUT2D eigenvalue weighted by molar-refractivity contribution is 6.17. The highest BCUT2D eigenvalue weighted by atomic mass is 35.5. The first kappa shape index (κ1) is 10.8. The molecule has 0 aromatic rings. The van der Waals surface area contributed by atoms with Gasteiger partial charge < -0.3 is 5.32 Å². The standard InChI is InChI=1S/C8H16ClNO/c1-7(2)6-8(11)10-5-3-4-9/h7H,3-6H2,1-2H3,(H,10,11). The number of nitrogens with one attached hydrogen (secondary N) is 1. The Hall–Kier alpha value is -0.240. The predicted molar refractivity (Wildman–Crippen MR) is 47.8 cm³/mol. The molecule has 0 aromatic carbocycles. The fraction of sp³-hybridized carbons (Fsp3) is 0.875. The second-order valence-electron chi connectivity index (χ2n) is 2.99. The molecule has 0 aliphatic heterocycles. The first-order valence-corrected chi connectivity index (χ1v) is 4.53. The van der Waals surface area contributed by atoms with Crippen LogP contribution >= 0.6 is 11.6 Å². The van der Waals surface area contributed by atoms with E-state index in [0.717, 1.165) is 6.42 Å². The van der Waals surface area contributed by atoms with Crippen LogP contribution in [0.2, 0.25) is 0 Å². The molecule has 0 heterocycles. The van der Waals surface area contributed by atoms with Crippen molar-refractivity contribution in [3.8, 4) is 0 Å². The summed E-state index contributed by atoms with van der Waals surface area (Å²) in [6.07, 6.45) is 1.47. The number of hydrogen-bond donors (Lipinski definition) is 1. The number of alkyl halides is 1. The highest BCUT2D eigenvalue weighted by Gasteiger charge is 2.02. The Kier molecular flexibility index (Phi) is 6.33. The third-order valence-electron chi connectivity index (χ3n) is 1.23. The topological polar surface area (TPSA) is 29.1 Å². The van der Waals surface area contributed by atoms with Crippen molar-refractivity contribution in [2.45, 2.75) is 26.7 Å². The number of rotatable bonds is 5. The molecule has 0 aromatic heterocycles. The van der Waals surface area contributed by atoms with E-state index in [4.69, 9.17) is 11.6 Å². The van der Waals surface area contributed by atoms with E-state index in [1.54, 1.807) is 0 Å². The fourth-order valence-corrected chi connectivity index (χ4v) is 0.871. The molecule has 0 atom stereocenters. The maximum absolute atomic E-state index is 11.0.